The Hall–Kier alpha value is -4.18. The van der Waals surface area contributed by atoms with E-state index in [0.29, 0.717) is 22.6 Å². The maximum atomic E-state index is 13.2. The molecule has 30 heavy (non-hydrogen) atoms. The number of carbonyl (C=O) groups excluding carboxylic acids is 1. The fourth-order valence-electron chi connectivity index (χ4n) is 2.65. The first kappa shape index (κ1) is 20.6. The van der Waals surface area contributed by atoms with E-state index in [4.69, 9.17) is 14.7 Å². The van der Waals surface area contributed by atoms with Crippen LogP contribution in [0, 0.1) is 17.1 Å². The van der Waals surface area contributed by atoms with Gasteiger partial charge in [-0.1, -0.05) is 24.3 Å². The van der Waals surface area contributed by atoms with Gasteiger partial charge in [0, 0.05) is 11.1 Å². The average molecular weight is 403 g/mol. The van der Waals surface area contributed by atoms with Crippen LogP contribution in [0.25, 0.3) is 0 Å². The molecule has 7 heteroatoms. The molecule has 3 aromatic carbocycles. The second-order valence-corrected chi connectivity index (χ2v) is 6.18. The van der Waals surface area contributed by atoms with Crippen LogP contribution in [-0.4, -0.2) is 19.2 Å². The van der Waals surface area contributed by atoms with Crippen molar-refractivity contribution in [2.24, 2.45) is 5.10 Å². The van der Waals surface area contributed by atoms with Crippen LogP contribution in [0.15, 0.2) is 71.8 Å². The molecule has 0 fully saturated rings. The number of ether oxygens (including phenoxy) is 2. The molecule has 0 spiro atoms. The molecule has 0 saturated heterocycles. The number of nitrogens with zero attached hydrogens (tertiary/aromatic N) is 2. The number of benzene rings is 3. The van der Waals surface area contributed by atoms with Crippen LogP contribution in [0.2, 0.25) is 0 Å². The molecule has 3 aromatic rings. The van der Waals surface area contributed by atoms with Crippen molar-refractivity contribution < 1.29 is 18.7 Å². The van der Waals surface area contributed by atoms with Crippen LogP contribution >= 0.6 is 0 Å². The monoisotopic (exact) mass is 403 g/mol. The topological polar surface area (TPSA) is 83.7 Å². The van der Waals surface area contributed by atoms with E-state index in [1.807, 2.05) is 12.1 Å². The molecule has 0 aromatic heterocycles. The molecule has 1 amide bonds. The zero-order valence-electron chi connectivity index (χ0n) is 16.1. The summed E-state index contributed by atoms with van der Waals surface area (Å²) in [6, 6.07) is 19.8. The predicted molar refractivity (Wildman–Crippen MR) is 110 cm³/mol. The highest BCUT2D eigenvalue weighted by Crippen LogP contribution is 2.28. The highest BCUT2D eigenvalue weighted by Gasteiger charge is 2.08. The van der Waals surface area contributed by atoms with Crippen LogP contribution in [0.3, 0.4) is 0 Å². The number of methoxy groups -OCH3 is 1. The first-order valence-electron chi connectivity index (χ1n) is 8.98. The molecule has 0 radical (unpaired) electrons. The lowest BCUT2D eigenvalue weighted by atomic mass is 10.1. The van der Waals surface area contributed by atoms with E-state index in [1.165, 1.54) is 31.5 Å². The van der Waals surface area contributed by atoms with Gasteiger partial charge in [0.2, 0.25) is 0 Å². The van der Waals surface area contributed by atoms with Crippen molar-refractivity contribution in [2.45, 2.75) is 6.61 Å². The summed E-state index contributed by atoms with van der Waals surface area (Å²) >= 11 is 0. The summed E-state index contributed by atoms with van der Waals surface area (Å²) in [6.45, 7) is 0.219. The number of hydrogen-bond donors (Lipinski definition) is 1. The minimum absolute atomic E-state index is 0.172. The van der Waals surface area contributed by atoms with Crippen LogP contribution in [0.1, 0.15) is 27.0 Å². The van der Waals surface area contributed by atoms with E-state index in [2.05, 4.69) is 16.6 Å². The highest BCUT2D eigenvalue weighted by atomic mass is 19.1. The van der Waals surface area contributed by atoms with Crippen molar-refractivity contribution in [3.05, 3.63) is 94.8 Å². The van der Waals surface area contributed by atoms with Gasteiger partial charge in [-0.15, -0.1) is 0 Å². The van der Waals surface area contributed by atoms with Crippen molar-refractivity contribution in [3.8, 4) is 17.6 Å². The molecular weight excluding hydrogens is 385 g/mol. The molecule has 6 nitrogen and oxygen atoms in total. The number of hydrazone groups is 1. The van der Waals surface area contributed by atoms with Gasteiger partial charge < -0.3 is 9.47 Å². The minimum atomic E-state index is -0.520. The average Bonchev–Trinajstić information content (AvgIpc) is 2.78. The Morgan fingerprint density at radius 3 is 2.73 bits per heavy atom. The van der Waals surface area contributed by atoms with E-state index >= 15 is 0 Å². The number of halogens is 1. The standard InChI is InChI=1S/C23H18FN3O3/c1-29-22-11-16(14-26-27-23(28)17-7-4-8-20(24)12-17)9-10-21(22)30-15-19-6-3-2-5-18(19)13-25/h2-12,14H,15H2,1H3,(H,27,28)/b26-14-. The Bertz CT molecular complexity index is 1120. The highest BCUT2D eigenvalue weighted by molar-refractivity contribution is 5.94. The molecule has 0 saturated carbocycles. The van der Waals surface area contributed by atoms with Crippen molar-refractivity contribution in [3.63, 3.8) is 0 Å². The molecule has 0 bridgehead atoms. The van der Waals surface area contributed by atoms with Crippen molar-refractivity contribution >= 4 is 12.1 Å². The van der Waals surface area contributed by atoms with Crippen LogP contribution in [0.4, 0.5) is 4.39 Å². The first-order chi connectivity index (χ1) is 14.6. The third-order valence-electron chi connectivity index (χ3n) is 4.18. The number of amides is 1. The van der Waals surface area contributed by atoms with Crippen LogP contribution < -0.4 is 14.9 Å². The SMILES string of the molecule is COc1cc(/C=N\NC(=O)c2cccc(F)c2)ccc1OCc1ccccc1C#N. The second-order valence-electron chi connectivity index (χ2n) is 6.18. The third-order valence-corrected chi connectivity index (χ3v) is 4.18. The van der Waals surface area contributed by atoms with Gasteiger partial charge in [0.05, 0.1) is 25.0 Å². The summed E-state index contributed by atoms with van der Waals surface area (Å²) in [4.78, 5) is 12.0. The first-order valence-corrected chi connectivity index (χ1v) is 8.98. The summed E-state index contributed by atoms with van der Waals surface area (Å²) < 4.78 is 24.3. The van der Waals surface area contributed by atoms with Gasteiger partial charge in [0.15, 0.2) is 11.5 Å². The quantitative estimate of drug-likeness (QED) is 0.477. The Balaban J connectivity index is 1.65. The lowest BCUT2D eigenvalue weighted by Crippen LogP contribution is -2.17. The summed E-state index contributed by atoms with van der Waals surface area (Å²) in [7, 11) is 1.51. The number of rotatable bonds is 7. The van der Waals surface area contributed by atoms with Crippen LogP contribution in [-0.2, 0) is 6.61 Å². The van der Waals surface area contributed by atoms with Gasteiger partial charge in [0.25, 0.3) is 5.91 Å². The van der Waals surface area contributed by atoms with Crippen LogP contribution in [0.5, 0.6) is 11.5 Å². The molecule has 1 N–H and O–H groups in total. The summed E-state index contributed by atoms with van der Waals surface area (Å²) in [5, 5.41) is 13.1. The normalized spacial score (nSPS) is 10.4. The number of nitrogens with one attached hydrogen (secondary N) is 1. The molecule has 0 aliphatic carbocycles. The lowest BCUT2D eigenvalue weighted by Gasteiger charge is -2.12. The molecule has 150 valence electrons. The number of nitriles is 1. The minimum Gasteiger partial charge on any atom is -0.493 e. The number of hydrogen-bond acceptors (Lipinski definition) is 5. The number of carbonyl (C=O) groups is 1. The van der Waals surface area contributed by atoms with Gasteiger partial charge >= 0.3 is 0 Å². The van der Waals surface area contributed by atoms with E-state index in [0.717, 1.165) is 11.6 Å². The van der Waals surface area contributed by atoms with Crippen molar-refractivity contribution in [2.75, 3.05) is 7.11 Å². The summed E-state index contributed by atoms with van der Waals surface area (Å²) in [6.07, 6.45) is 1.44. The zero-order valence-corrected chi connectivity index (χ0v) is 16.1. The van der Waals surface area contributed by atoms with E-state index in [-0.39, 0.29) is 12.2 Å². The lowest BCUT2D eigenvalue weighted by molar-refractivity contribution is 0.0954. The Labute approximate surface area is 173 Å². The van der Waals surface area contributed by atoms with Gasteiger partial charge in [-0.2, -0.15) is 10.4 Å². The third kappa shape index (κ3) is 5.20. The van der Waals surface area contributed by atoms with Gasteiger partial charge in [-0.05, 0) is 48.0 Å². The molecule has 0 aliphatic rings. The Morgan fingerprint density at radius 1 is 1.13 bits per heavy atom. The summed E-state index contributed by atoms with van der Waals surface area (Å²) in [5.41, 5.74) is 4.50. The van der Waals surface area contributed by atoms with Crippen molar-refractivity contribution in [1.82, 2.24) is 5.43 Å². The molecule has 3 rings (SSSR count). The zero-order chi connectivity index (χ0) is 21.3. The smallest absolute Gasteiger partial charge is 0.271 e. The van der Waals surface area contributed by atoms with Crippen molar-refractivity contribution in [1.29, 1.82) is 5.26 Å². The molecular formula is C23H18FN3O3. The van der Waals surface area contributed by atoms with E-state index < -0.39 is 11.7 Å². The largest absolute Gasteiger partial charge is 0.493 e. The summed E-state index contributed by atoms with van der Waals surface area (Å²) in [5.74, 6) is -0.0331. The maximum absolute atomic E-state index is 13.2. The van der Waals surface area contributed by atoms with Gasteiger partial charge in [0.1, 0.15) is 12.4 Å². The molecule has 0 unspecified atom stereocenters. The molecule has 0 heterocycles. The second kappa shape index (κ2) is 9.85. The fourth-order valence-corrected chi connectivity index (χ4v) is 2.65. The Kier molecular flexibility index (Phi) is 6.74. The fraction of sp³-hybridized carbons (Fsp3) is 0.0870. The van der Waals surface area contributed by atoms with E-state index in [9.17, 15) is 9.18 Å². The van der Waals surface area contributed by atoms with Gasteiger partial charge in [-0.3, -0.25) is 4.79 Å². The predicted octanol–water partition coefficient (Wildman–Crippen LogP) is 4.05. The van der Waals surface area contributed by atoms with E-state index in [1.54, 1.807) is 30.3 Å². The van der Waals surface area contributed by atoms with Gasteiger partial charge in [-0.25, -0.2) is 9.82 Å². The molecule has 0 aliphatic heterocycles. The Morgan fingerprint density at radius 2 is 1.97 bits per heavy atom. The maximum Gasteiger partial charge on any atom is 0.271 e. The molecule has 0 atom stereocenters.